The van der Waals surface area contributed by atoms with Crippen molar-refractivity contribution in [3.8, 4) is 57.0 Å². The van der Waals surface area contributed by atoms with Crippen LogP contribution in [0.15, 0.2) is 182 Å². The number of nitrogens with zero attached hydrogens (tertiary/aromatic N) is 6. The first kappa shape index (κ1) is 33.5. The van der Waals surface area contributed by atoms with Gasteiger partial charge in [-0.2, -0.15) is 5.26 Å². The highest BCUT2D eigenvalue weighted by Crippen LogP contribution is 2.41. The fraction of sp³-hybridized carbons (Fsp3) is 0.0385. The molecule has 0 radical (unpaired) electrons. The Balaban J connectivity index is 1.12. The lowest BCUT2D eigenvalue weighted by Crippen LogP contribution is -2.00. The Labute approximate surface area is 335 Å². The van der Waals surface area contributed by atoms with E-state index in [0.717, 1.165) is 68.2 Å². The molecule has 0 amide bonds. The van der Waals surface area contributed by atoms with Crippen molar-refractivity contribution < 1.29 is 0 Å². The highest BCUT2D eigenvalue weighted by atomic mass is 15.0. The summed E-state index contributed by atoms with van der Waals surface area (Å²) in [6, 6.07) is 58.9. The molecule has 0 fully saturated rings. The van der Waals surface area contributed by atoms with E-state index in [1.165, 1.54) is 27.5 Å². The number of benzene rings is 7. The monoisotopic (exact) mass is 742 g/mol. The predicted molar refractivity (Wildman–Crippen MR) is 236 cm³/mol. The molecule has 7 aromatic carbocycles. The number of rotatable bonds is 6. The molecular weight excluding hydrogens is 709 g/mol. The third-order valence-corrected chi connectivity index (χ3v) is 11.2. The largest absolute Gasteiger partial charge is 0.310 e. The number of allylic oxidation sites excluding steroid dienone is 4. The summed E-state index contributed by atoms with van der Waals surface area (Å²) in [4.78, 5) is 14.9. The van der Waals surface area contributed by atoms with Gasteiger partial charge in [-0.25, -0.2) is 15.0 Å². The van der Waals surface area contributed by atoms with Gasteiger partial charge in [0, 0.05) is 49.6 Å². The molecular formula is C52H34N6. The van der Waals surface area contributed by atoms with Gasteiger partial charge in [0.15, 0.2) is 17.5 Å². The van der Waals surface area contributed by atoms with E-state index in [9.17, 15) is 5.26 Å². The lowest BCUT2D eigenvalue weighted by Gasteiger charge is -2.14. The quantitative estimate of drug-likeness (QED) is 0.170. The van der Waals surface area contributed by atoms with Crippen molar-refractivity contribution in [1.82, 2.24) is 24.1 Å². The summed E-state index contributed by atoms with van der Waals surface area (Å²) in [5.41, 5.74) is 11.9. The van der Waals surface area contributed by atoms with Gasteiger partial charge in [0.05, 0.1) is 33.7 Å². The standard InChI is InChI=1S/C52H34N6/c53-33-34-29-37(31-38(30-34)52-55-50(35-15-4-1-5-16-35)54-51(56-52)36-17-6-2-7-18-36)41-23-14-26-47-49(41)44-22-11-13-25-46(44)58(47)40-27-28-43-42-21-10-12-24-45(42)57(48(43)32-40)39-19-8-3-9-20-39/h1-2,4-8,10-32H,3,9H2. The Morgan fingerprint density at radius 1 is 0.466 bits per heavy atom. The van der Waals surface area contributed by atoms with E-state index < -0.39 is 0 Å². The van der Waals surface area contributed by atoms with Crippen molar-refractivity contribution in [2.75, 3.05) is 0 Å². The van der Waals surface area contributed by atoms with Crippen LogP contribution in [0.4, 0.5) is 0 Å². The average molecular weight is 743 g/mol. The van der Waals surface area contributed by atoms with Crippen molar-refractivity contribution in [1.29, 1.82) is 5.26 Å². The van der Waals surface area contributed by atoms with Gasteiger partial charge >= 0.3 is 0 Å². The Kier molecular flexibility index (Phi) is 7.90. The summed E-state index contributed by atoms with van der Waals surface area (Å²) in [5.74, 6) is 1.66. The second-order valence-electron chi connectivity index (χ2n) is 14.7. The Bertz CT molecular complexity index is 3290. The normalized spacial score (nSPS) is 12.7. The van der Waals surface area contributed by atoms with Crippen LogP contribution in [0.5, 0.6) is 0 Å². The lowest BCUT2D eigenvalue weighted by molar-refractivity contribution is 1.02. The highest BCUT2D eigenvalue weighted by Gasteiger charge is 2.20. The molecule has 3 aromatic heterocycles. The van der Waals surface area contributed by atoms with Crippen molar-refractivity contribution in [2.45, 2.75) is 12.8 Å². The number of para-hydroxylation sites is 2. The van der Waals surface area contributed by atoms with Crippen LogP contribution in [0.1, 0.15) is 18.4 Å². The number of fused-ring (bicyclic) bond motifs is 6. The van der Waals surface area contributed by atoms with Crippen molar-refractivity contribution in [3.05, 3.63) is 188 Å². The first-order valence-corrected chi connectivity index (χ1v) is 19.6. The number of hydrogen-bond acceptors (Lipinski definition) is 4. The average Bonchev–Trinajstić information content (AvgIpc) is 3.82. The minimum absolute atomic E-state index is 0.507. The molecule has 10 aromatic rings. The zero-order valence-electron chi connectivity index (χ0n) is 31.4. The van der Waals surface area contributed by atoms with Crippen LogP contribution in [-0.2, 0) is 0 Å². The summed E-state index contributed by atoms with van der Waals surface area (Å²) < 4.78 is 4.78. The first-order valence-electron chi connectivity index (χ1n) is 19.6. The lowest BCUT2D eigenvalue weighted by atomic mass is 9.96. The van der Waals surface area contributed by atoms with E-state index in [1.54, 1.807) is 0 Å². The van der Waals surface area contributed by atoms with Crippen LogP contribution < -0.4 is 0 Å². The molecule has 6 nitrogen and oxygen atoms in total. The Morgan fingerprint density at radius 3 is 1.76 bits per heavy atom. The minimum Gasteiger partial charge on any atom is -0.310 e. The summed E-state index contributed by atoms with van der Waals surface area (Å²) in [6.45, 7) is 0. The molecule has 1 aliphatic carbocycles. The zero-order chi connectivity index (χ0) is 38.6. The molecule has 3 heterocycles. The minimum atomic E-state index is 0.507. The van der Waals surface area contributed by atoms with E-state index >= 15 is 0 Å². The first-order chi connectivity index (χ1) is 28.7. The van der Waals surface area contributed by atoms with Gasteiger partial charge in [0.25, 0.3) is 0 Å². The van der Waals surface area contributed by atoms with Gasteiger partial charge in [-0.1, -0.05) is 127 Å². The van der Waals surface area contributed by atoms with E-state index in [-0.39, 0.29) is 0 Å². The number of aromatic nitrogens is 5. The maximum atomic E-state index is 10.4. The van der Waals surface area contributed by atoms with Crippen molar-refractivity contribution >= 4 is 49.3 Å². The van der Waals surface area contributed by atoms with Crippen LogP contribution in [0.2, 0.25) is 0 Å². The van der Waals surface area contributed by atoms with Gasteiger partial charge in [0.2, 0.25) is 0 Å². The van der Waals surface area contributed by atoms with Crippen LogP contribution in [0.25, 0.3) is 100 Å². The molecule has 1 aliphatic rings. The van der Waals surface area contributed by atoms with Crippen LogP contribution in [0.3, 0.4) is 0 Å². The molecule has 11 rings (SSSR count). The maximum absolute atomic E-state index is 10.4. The van der Waals surface area contributed by atoms with E-state index in [2.05, 4.69) is 124 Å². The smallest absolute Gasteiger partial charge is 0.164 e. The summed E-state index contributed by atoms with van der Waals surface area (Å²) >= 11 is 0. The summed E-state index contributed by atoms with van der Waals surface area (Å²) in [5, 5.41) is 15.1. The second kappa shape index (κ2) is 13.7. The number of hydrogen-bond donors (Lipinski definition) is 0. The fourth-order valence-corrected chi connectivity index (χ4v) is 8.59. The molecule has 0 bridgehead atoms. The second-order valence-corrected chi connectivity index (χ2v) is 14.7. The third-order valence-electron chi connectivity index (χ3n) is 11.2. The van der Waals surface area contributed by atoms with Crippen LogP contribution in [-0.4, -0.2) is 24.1 Å². The van der Waals surface area contributed by atoms with E-state index in [0.29, 0.717) is 23.0 Å². The molecule has 6 heteroatoms. The molecule has 0 N–H and O–H groups in total. The SMILES string of the molecule is N#Cc1cc(-c2nc(-c3ccccc3)nc(-c3ccccc3)n2)cc(-c2cccc3c2c2ccccc2n3-c2ccc3c4ccccc4n(C4=CCCC=C4)c3c2)c1. The van der Waals surface area contributed by atoms with Gasteiger partial charge in [-0.3, -0.25) is 0 Å². The Hall–Kier alpha value is -7.88. The molecule has 0 aliphatic heterocycles. The molecule has 272 valence electrons. The van der Waals surface area contributed by atoms with E-state index in [4.69, 9.17) is 15.0 Å². The van der Waals surface area contributed by atoms with E-state index in [1.807, 2.05) is 72.8 Å². The summed E-state index contributed by atoms with van der Waals surface area (Å²) in [7, 11) is 0. The topological polar surface area (TPSA) is 72.3 Å². The van der Waals surface area contributed by atoms with Gasteiger partial charge in [-0.05, 0) is 78.6 Å². The fourth-order valence-electron chi connectivity index (χ4n) is 8.59. The summed E-state index contributed by atoms with van der Waals surface area (Å²) in [6.07, 6.45) is 8.95. The predicted octanol–water partition coefficient (Wildman–Crippen LogP) is 12.8. The van der Waals surface area contributed by atoms with Crippen molar-refractivity contribution in [2.24, 2.45) is 0 Å². The van der Waals surface area contributed by atoms with Gasteiger partial charge < -0.3 is 9.13 Å². The maximum Gasteiger partial charge on any atom is 0.164 e. The highest BCUT2D eigenvalue weighted by molar-refractivity contribution is 6.16. The molecule has 0 spiro atoms. The number of nitriles is 1. The molecule has 0 unspecified atom stereocenters. The molecule has 0 saturated carbocycles. The van der Waals surface area contributed by atoms with Crippen molar-refractivity contribution in [3.63, 3.8) is 0 Å². The molecule has 0 atom stereocenters. The zero-order valence-corrected chi connectivity index (χ0v) is 31.4. The molecule has 0 saturated heterocycles. The van der Waals surface area contributed by atoms with Crippen LogP contribution >= 0.6 is 0 Å². The van der Waals surface area contributed by atoms with Gasteiger partial charge in [0.1, 0.15) is 0 Å². The Morgan fingerprint density at radius 2 is 1.07 bits per heavy atom. The van der Waals surface area contributed by atoms with Crippen LogP contribution in [0, 0.1) is 11.3 Å². The molecule has 58 heavy (non-hydrogen) atoms. The van der Waals surface area contributed by atoms with Gasteiger partial charge in [-0.15, -0.1) is 0 Å². The third kappa shape index (κ3) is 5.52.